The van der Waals surface area contributed by atoms with E-state index in [2.05, 4.69) is 41.3 Å². The maximum Gasteiger partial charge on any atom is 0.155 e. The highest BCUT2D eigenvalue weighted by atomic mass is 35.5. The van der Waals surface area contributed by atoms with Gasteiger partial charge >= 0.3 is 0 Å². The van der Waals surface area contributed by atoms with Gasteiger partial charge in [0.15, 0.2) is 6.23 Å². The van der Waals surface area contributed by atoms with Gasteiger partial charge in [-0.25, -0.2) is 0 Å². The number of halogens is 1. The molecule has 3 nitrogen and oxygen atoms in total. The average molecular weight is 376 g/mol. The highest BCUT2D eigenvalue weighted by Gasteiger charge is 2.37. The Morgan fingerprint density at radius 2 is 1.78 bits per heavy atom. The number of anilines is 2. The van der Waals surface area contributed by atoms with Crippen molar-refractivity contribution >= 4 is 29.1 Å². The van der Waals surface area contributed by atoms with Crippen LogP contribution in [-0.4, -0.2) is 13.3 Å². The molecule has 2 aliphatic rings. The Morgan fingerprint density at radius 1 is 0.963 bits per heavy atom. The first-order chi connectivity index (χ1) is 13.3. The molecule has 0 N–H and O–H groups in total. The number of nitrogens with zero attached hydrogens (tertiary/aromatic N) is 1. The van der Waals surface area contributed by atoms with E-state index in [1.54, 1.807) is 7.11 Å². The van der Waals surface area contributed by atoms with E-state index in [0.717, 1.165) is 38.8 Å². The Hall–Kier alpha value is -2.75. The molecule has 134 valence electrons. The van der Waals surface area contributed by atoms with Crippen molar-refractivity contribution < 1.29 is 9.47 Å². The van der Waals surface area contributed by atoms with Gasteiger partial charge in [0, 0.05) is 16.1 Å². The molecule has 2 heterocycles. The molecule has 2 atom stereocenters. The second kappa shape index (κ2) is 6.45. The van der Waals surface area contributed by atoms with E-state index in [1.165, 1.54) is 0 Å². The van der Waals surface area contributed by atoms with E-state index in [0.29, 0.717) is 0 Å². The Bertz CT molecular complexity index is 1030. The normalized spacial score (nSPS) is 19.9. The zero-order valence-corrected chi connectivity index (χ0v) is 15.6. The van der Waals surface area contributed by atoms with Crippen LogP contribution < -0.4 is 9.64 Å². The molecule has 0 aliphatic carbocycles. The monoisotopic (exact) mass is 375 g/mol. The summed E-state index contributed by atoms with van der Waals surface area (Å²) in [6.07, 6.45) is 3.84. The van der Waals surface area contributed by atoms with E-state index < -0.39 is 0 Å². The number of hydrogen-bond acceptors (Lipinski definition) is 3. The van der Waals surface area contributed by atoms with Crippen LogP contribution in [0.1, 0.15) is 22.8 Å². The number of fused-ring (bicyclic) bond motifs is 5. The van der Waals surface area contributed by atoms with Gasteiger partial charge in [0.25, 0.3) is 0 Å². The van der Waals surface area contributed by atoms with Gasteiger partial charge in [-0.3, -0.25) is 0 Å². The van der Waals surface area contributed by atoms with Gasteiger partial charge in [-0.1, -0.05) is 60.1 Å². The standard InChI is InChI=1S/C23H18ClNO2/c1-26-20-8-4-5-15-11-14-21-25(22(15)20)19-7-3-2-6-18(19)23(27-21)16-9-12-17(24)13-10-16/h2-14,21,23H,1H3. The topological polar surface area (TPSA) is 21.7 Å². The summed E-state index contributed by atoms with van der Waals surface area (Å²) in [5.41, 5.74) is 5.50. The molecular weight excluding hydrogens is 358 g/mol. The predicted molar refractivity (Wildman–Crippen MR) is 109 cm³/mol. The van der Waals surface area contributed by atoms with Gasteiger partial charge in [0.1, 0.15) is 11.9 Å². The maximum atomic E-state index is 6.54. The van der Waals surface area contributed by atoms with Crippen LogP contribution >= 0.6 is 11.6 Å². The summed E-state index contributed by atoms with van der Waals surface area (Å²) in [5, 5.41) is 0.723. The Morgan fingerprint density at radius 3 is 2.59 bits per heavy atom. The first-order valence-corrected chi connectivity index (χ1v) is 9.28. The van der Waals surface area contributed by atoms with Crippen LogP contribution in [0.5, 0.6) is 5.75 Å². The summed E-state index contributed by atoms with van der Waals surface area (Å²) in [7, 11) is 1.70. The van der Waals surface area contributed by atoms with Crippen molar-refractivity contribution in [2.24, 2.45) is 0 Å². The fraction of sp³-hybridized carbons (Fsp3) is 0.130. The molecule has 3 aromatic carbocycles. The minimum Gasteiger partial charge on any atom is -0.495 e. The van der Waals surface area contributed by atoms with Crippen LogP contribution in [0.3, 0.4) is 0 Å². The lowest BCUT2D eigenvalue weighted by atomic mass is 9.94. The molecule has 0 spiro atoms. The SMILES string of the molecule is COc1cccc2c1N1c3ccccc3C(c3ccc(Cl)cc3)OC1C=C2. The van der Waals surface area contributed by atoms with E-state index in [9.17, 15) is 0 Å². The average Bonchev–Trinajstić information content (AvgIpc) is 2.73. The first-order valence-electron chi connectivity index (χ1n) is 8.90. The van der Waals surface area contributed by atoms with Crippen molar-refractivity contribution in [1.29, 1.82) is 0 Å². The highest BCUT2D eigenvalue weighted by molar-refractivity contribution is 6.30. The Kier molecular flexibility index (Phi) is 3.92. The zero-order chi connectivity index (χ0) is 18.4. The van der Waals surface area contributed by atoms with Crippen molar-refractivity contribution in [2.45, 2.75) is 12.3 Å². The lowest BCUT2D eigenvalue weighted by Crippen LogP contribution is -2.40. The molecule has 0 aromatic heterocycles. The fourth-order valence-corrected chi connectivity index (χ4v) is 4.02. The smallest absolute Gasteiger partial charge is 0.155 e. The molecule has 0 saturated carbocycles. The van der Waals surface area contributed by atoms with Gasteiger partial charge in [-0.15, -0.1) is 0 Å². The lowest BCUT2D eigenvalue weighted by molar-refractivity contribution is 0.0300. The van der Waals surface area contributed by atoms with E-state index in [1.807, 2.05) is 42.5 Å². The minimum absolute atomic E-state index is 0.152. The summed E-state index contributed by atoms with van der Waals surface area (Å²) >= 11 is 6.08. The molecule has 0 amide bonds. The van der Waals surface area contributed by atoms with Crippen LogP contribution in [0.25, 0.3) is 6.08 Å². The van der Waals surface area contributed by atoms with Gasteiger partial charge in [-0.2, -0.15) is 0 Å². The largest absolute Gasteiger partial charge is 0.495 e. The summed E-state index contributed by atoms with van der Waals surface area (Å²) in [4.78, 5) is 2.22. The third-order valence-corrected chi connectivity index (χ3v) is 5.36. The zero-order valence-electron chi connectivity index (χ0n) is 14.8. The lowest BCUT2D eigenvalue weighted by Gasteiger charge is -2.43. The van der Waals surface area contributed by atoms with Crippen LogP contribution in [0.4, 0.5) is 11.4 Å². The Balaban J connectivity index is 1.69. The molecule has 0 saturated heterocycles. The minimum atomic E-state index is -0.204. The van der Waals surface area contributed by atoms with Crippen LogP contribution in [0, 0.1) is 0 Å². The van der Waals surface area contributed by atoms with Crippen molar-refractivity contribution in [3.8, 4) is 5.75 Å². The van der Waals surface area contributed by atoms with Crippen LogP contribution in [-0.2, 0) is 4.74 Å². The van der Waals surface area contributed by atoms with Gasteiger partial charge in [0.05, 0.1) is 18.5 Å². The number of benzene rings is 3. The summed E-state index contributed by atoms with van der Waals surface area (Å²) in [6.45, 7) is 0. The number of para-hydroxylation sites is 2. The predicted octanol–water partition coefficient (Wildman–Crippen LogP) is 5.96. The van der Waals surface area contributed by atoms with E-state index >= 15 is 0 Å². The molecule has 0 bridgehead atoms. The van der Waals surface area contributed by atoms with Gasteiger partial charge in [0.2, 0.25) is 0 Å². The molecular formula is C23H18ClNO2. The maximum absolute atomic E-state index is 6.54. The molecule has 0 radical (unpaired) electrons. The van der Waals surface area contributed by atoms with Crippen molar-refractivity contribution in [3.05, 3.63) is 94.5 Å². The second-order valence-electron chi connectivity index (χ2n) is 6.64. The van der Waals surface area contributed by atoms with Gasteiger partial charge < -0.3 is 14.4 Å². The van der Waals surface area contributed by atoms with Crippen LogP contribution in [0.15, 0.2) is 72.8 Å². The molecule has 0 fully saturated rings. The molecule has 5 rings (SSSR count). The molecule has 2 aliphatic heterocycles. The fourth-order valence-electron chi connectivity index (χ4n) is 3.90. The van der Waals surface area contributed by atoms with Crippen molar-refractivity contribution in [2.75, 3.05) is 12.0 Å². The molecule has 27 heavy (non-hydrogen) atoms. The first kappa shape index (κ1) is 16.4. The van der Waals surface area contributed by atoms with E-state index in [-0.39, 0.29) is 12.3 Å². The Labute approximate surface area is 163 Å². The summed E-state index contributed by atoms with van der Waals surface area (Å²) < 4.78 is 12.2. The highest BCUT2D eigenvalue weighted by Crippen LogP contribution is 2.49. The van der Waals surface area contributed by atoms with Crippen molar-refractivity contribution in [1.82, 2.24) is 0 Å². The number of rotatable bonds is 2. The summed E-state index contributed by atoms with van der Waals surface area (Å²) in [5.74, 6) is 0.838. The quantitative estimate of drug-likeness (QED) is 0.551. The third-order valence-electron chi connectivity index (χ3n) is 5.11. The molecule has 4 heteroatoms. The second-order valence-corrected chi connectivity index (χ2v) is 7.08. The third kappa shape index (κ3) is 2.62. The molecule has 3 aromatic rings. The number of hydrogen-bond donors (Lipinski definition) is 0. The number of methoxy groups -OCH3 is 1. The number of ether oxygens (including phenoxy) is 2. The van der Waals surface area contributed by atoms with E-state index in [4.69, 9.17) is 21.1 Å². The molecule has 2 unspecified atom stereocenters. The summed E-state index contributed by atoms with van der Waals surface area (Å²) in [6, 6.07) is 22.3. The van der Waals surface area contributed by atoms with Crippen molar-refractivity contribution in [3.63, 3.8) is 0 Å². The van der Waals surface area contributed by atoms with Crippen LogP contribution in [0.2, 0.25) is 5.02 Å². The van der Waals surface area contributed by atoms with Gasteiger partial charge in [-0.05, 0) is 35.9 Å².